The number of halogens is 1. The van der Waals surface area contributed by atoms with Crippen LogP contribution < -0.4 is 5.32 Å². The lowest BCUT2D eigenvalue weighted by Crippen LogP contribution is -2.45. The van der Waals surface area contributed by atoms with Crippen LogP contribution in [-0.4, -0.2) is 29.7 Å². The molecular formula is C17H24ClN3O. The van der Waals surface area contributed by atoms with Gasteiger partial charge in [-0.2, -0.15) is 0 Å². The van der Waals surface area contributed by atoms with Crippen LogP contribution in [0.15, 0.2) is 34.9 Å². The van der Waals surface area contributed by atoms with Gasteiger partial charge >= 0.3 is 0 Å². The zero-order valence-corrected chi connectivity index (χ0v) is 14.0. The van der Waals surface area contributed by atoms with Crippen molar-refractivity contribution in [3.8, 4) is 0 Å². The Morgan fingerprint density at radius 2 is 2.09 bits per heavy atom. The van der Waals surface area contributed by atoms with Crippen LogP contribution in [0.4, 0.5) is 0 Å². The molecule has 1 aliphatic heterocycles. The molecule has 22 heavy (non-hydrogen) atoms. The molecule has 1 aliphatic rings. The minimum absolute atomic E-state index is 0. The Kier molecular flexibility index (Phi) is 6.00. The van der Waals surface area contributed by atoms with Crippen LogP contribution in [-0.2, 0) is 13.0 Å². The van der Waals surface area contributed by atoms with E-state index in [-0.39, 0.29) is 12.4 Å². The number of aromatic nitrogens is 1. The number of nitrogens with one attached hydrogen (secondary N) is 1. The van der Waals surface area contributed by atoms with E-state index in [1.165, 1.54) is 11.1 Å². The lowest BCUT2D eigenvalue weighted by atomic mass is 10.0. The van der Waals surface area contributed by atoms with Gasteiger partial charge in [-0.15, -0.1) is 12.4 Å². The Bertz CT molecular complexity index is 582. The molecule has 0 saturated carbocycles. The SMILES string of the molecule is CCc1ccc(C2CNCCN2Cc2cc(C)no2)cc1.Cl. The van der Waals surface area contributed by atoms with E-state index >= 15 is 0 Å². The minimum Gasteiger partial charge on any atom is -0.360 e. The maximum Gasteiger partial charge on any atom is 0.150 e. The summed E-state index contributed by atoms with van der Waals surface area (Å²) in [5.41, 5.74) is 3.71. The number of hydrogen-bond acceptors (Lipinski definition) is 4. The van der Waals surface area contributed by atoms with E-state index in [2.05, 4.69) is 46.6 Å². The first-order valence-electron chi connectivity index (χ1n) is 7.72. The molecule has 1 aromatic carbocycles. The summed E-state index contributed by atoms with van der Waals surface area (Å²) in [5.74, 6) is 0.949. The van der Waals surface area contributed by atoms with Crippen molar-refractivity contribution in [3.63, 3.8) is 0 Å². The van der Waals surface area contributed by atoms with Crippen LogP contribution in [0.3, 0.4) is 0 Å². The zero-order valence-electron chi connectivity index (χ0n) is 13.2. The summed E-state index contributed by atoms with van der Waals surface area (Å²) in [6, 6.07) is 11.4. The third kappa shape index (κ3) is 3.88. The number of aryl methyl sites for hydroxylation is 2. The molecule has 120 valence electrons. The van der Waals surface area contributed by atoms with Crippen LogP contribution >= 0.6 is 12.4 Å². The van der Waals surface area contributed by atoms with Gasteiger partial charge in [-0.1, -0.05) is 36.3 Å². The Hall–Kier alpha value is -1.36. The maximum atomic E-state index is 5.38. The largest absolute Gasteiger partial charge is 0.360 e. The second-order valence-corrected chi connectivity index (χ2v) is 5.72. The van der Waals surface area contributed by atoms with Crippen molar-refractivity contribution in [1.29, 1.82) is 0 Å². The summed E-state index contributed by atoms with van der Waals surface area (Å²) in [6.07, 6.45) is 1.09. The van der Waals surface area contributed by atoms with Gasteiger partial charge in [0.05, 0.1) is 12.2 Å². The lowest BCUT2D eigenvalue weighted by molar-refractivity contribution is 0.138. The average molecular weight is 322 g/mol. The smallest absolute Gasteiger partial charge is 0.150 e. The van der Waals surface area contributed by atoms with E-state index in [0.717, 1.165) is 44.1 Å². The highest BCUT2D eigenvalue weighted by Crippen LogP contribution is 2.24. The highest BCUT2D eigenvalue weighted by Gasteiger charge is 2.24. The molecule has 0 amide bonds. The van der Waals surface area contributed by atoms with Gasteiger partial charge in [0, 0.05) is 31.7 Å². The van der Waals surface area contributed by atoms with E-state index in [0.29, 0.717) is 6.04 Å². The van der Waals surface area contributed by atoms with Gasteiger partial charge < -0.3 is 9.84 Å². The zero-order chi connectivity index (χ0) is 14.7. The number of benzene rings is 1. The summed E-state index contributed by atoms with van der Waals surface area (Å²) < 4.78 is 5.38. The minimum atomic E-state index is 0. The Labute approximate surface area is 138 Å². The van der Waals surface area contributed by atoms with Gasteiger partial charge in [0.25, 0.3) is 0 Å². The normalized spacial score (nSPS) is 18.9. The second kappa shape index (κ2) is 7.77. The van der Waals surface area contributed by atoms with Crippen molar-refractivity contribution in [1.82, 2.24) is 15.4 Å². The Morgan fingerprint density at radius 1 is 1.32 bits per heavy atom. The maximum absolute atomic E-state index is 5.38. The summed E-state index contributed by atoms with van der Waals surface area (Å²) in [6.45, 7) is 8.01. The molecule has 3 rings (SSSR count). The molecule has 0 aliphatic carbocycles. The molecule has 0 spiro atoms. The van der Waals surface area contributed by atoms with Gasteiger partial charge in [0.15, 0.2) is 5.76 Å². The highest BCUT2D eigenvalue weighted by atomic mass is 35.5. The third-order valence-corrected chi connectivity index (χ3v) is 4.16. The Morgan fingerprint density at radius 3 is 2.73 bits per heavy atom. The van der Waals surface area contributed by atoms with E-state index in [1.54, 1.807) is 0 Å². The molecule has 1 aromatic heterocycles. The summed E-state index contributed by atoms with van der Waals surface area (Å²) >= 11 is 0. The van der Waals surface area contributed by atoms with Crippen molar-refractivity contribution < 1.29 is 4.52 Å². The summed E-state index contributed by atoms with van der Waals surface area (Å²) in [5, 5.41) is 7.48. The molecule has 1 atom stereocenters. The standard InChI is InChI=1S/C17H23N3O.ClH/c1-3-14-4-6-15(7-5-14)17-11-18-8-9-20(17)12-16-10-13(2)19-21-16;/h4-7,10,17-18H,3,8-9,11-12H2,1-2H3;1H. The second-order valence-electron chi connectivity index (χ2n) is 5.72. The molecule has 1 unspecified atom stereocenters. The molecule has 2 aromatic rings. The fraction of sp³-hybridized carbons (Fsp3) is 0.471. The quantitative estimate of drug-likeness (QED) is 0.939. The van der Waals surface area contributed by atoms with Crippen LogP contribution in [0.2, 0.25) is 0 Å². The monoisotopic (exact) mass is 321 g/mol. The number of hydrogen-bond donors (Lipinski definition) is 1. The Balaban J connectivity index is 0.00000176. The van der Waals surface area contributed by atoms with E-state index in [1.807, 2.05) is 13.0 Å². The number of piperazine rings is 1. The predicted molar refractivity (Wildman–Crippen MR) is 90.3 cm³/mol. The molecule has 2 heterocycles. The topological polar surface area (TPSA) is 41.3 Å². The fourth-order valence-corrected chi connectivity index (χ4v) is 2.93. The van der Waals surface area contributed by atoms with Crippen LogP contribution in [0.25, 0.3) is 0 Å². The number of nitrogens with zero attached hydrogens (tertiary/aromatic N) is 2. The number of rotatable bonds is 4. The van der Waals surface area contributed by atoms with Crippen molar-refractivity contribution in [3.05, 3.63) is 52.9 Å². The molecular weight excluding hydrogens is 298 g/mol. The molecule has 1 saturated heterocycles. The van der Waals surface area contributed by atoms with Crippen LogP contribution in [0, 0.1) is 6.92 Å². The summed E-state index contributed by atoms with van der Waals surface area (Å²) in [7, 11) is 0. The van der Waals surface area contributed by atoms with E-state index < -0.39 is 0 Å². The predicted octanol–water partition coefficient (Wildman–Crippen LogP) is 3.11. The fourth-order valence-electron chi connectivity index (χ4n) is 2.93. The summed E-state index contributed by atoms with van der Waals surface area (Å²) in [4.78, 5) is 2.47. The van der Waals surface area contributed by atoms with Gasteiger partial charge in [-0.05, 0) is 24.5 Å². The van der Waals surface area contributed by atoms with Crippen molar-refractivity contribution in [2.24, 2.45) is 0 Å². The highest BCUT2D eigenvalue weighted by molar-refractivity contribution is 5.85. The molecule has 1 N–H and O–H groups in total. The van der Waals surface area contributed by atoms with Gasteiger partial charge in [-0.3, -0.25) is 4.90 Å². The third-order valence-electron chi connectivity index (χ3n) is 4.16. The molecule has 1 fully saturated rings. The molecule has 5 heteroatoms. The van der Waals surface area contributed by atoms with Gasteiger partial charge in [0.2, 0.25) is 0 Å². The van der Waals surface area contributed by atoms with Crippen LogP contribution in [0.1, 0.15) is 35.5 Å². The lowest BCUT2D eigenvalue weighted by Gasteiger charge is -2.35. The van der Waals surface area contributed by atoms with Crippen molar-refractivity contribution in [2.45, 2.75) is 32.9 Å². The first kappa shape index (κ1) is 17.0. The van der Waals surface area contributed by atoms with Crippen LogP contribution in [0.5, 0.6) is 0 Å². The average Bonchev–Trinajstić information content (AvgIpc) is 2.93. The van der Waals surface area contributed by atoms with Gasteiger partial charge in [-0.25, -0.2) is 0 Å². The first-order chi connectivity index (χ1) is 10.3. The van der Waals surface area contributed by atoms with E-state index in [4.69, 9.17) is 4.52 Å². The van der Waals surface area contributed by atoms with Crippen molar-refractivity contribution >= 4 is 12.4 Å². The first-order valence-corrected chi connectivity index (χ1v) is 7.72. The molecule has 0 radical (unpaired) electrons. The molecule has 0 bridgehead atoms. The van der Waals surface area contributed by atoms with Crippen molar-refractivity contribution in [2.75, 3.05) is 19.6 Å². The van der Waals surface area contributed by atoms with Gasteiger partial charge in [0.1, 0.15) is 0 Å². The van der Waals surface area contributed by atoms with E-state index in [9.17, 15) is 0 Å². The molecule has 4 nitrogen and oxygen atoms in total.